The van der Waals surface area contributed by atoms with Crippen LogP contribution < -0.4 is 0 Å². The molecule has 0 radical (unpaired) electrons. The number of hydrogen-bond donors (Lipinski definition) is 0. The first-order valence-corrected chi connectivity index (χ1v) is 23.3. The third-order valence-corrected chi connectivity index (χ3v) is 14.3. The summed E-state index contributed by atoms with van der Waals surface area (Å²) in [5.74, 6) is 0.655. The van der Waals surface area contributed by atoms with Crippen molar-refractivity contribution in [2.24, 2.45) is 0 Å². The molecule has 6 heterocycles. The number of fused-ring (bicyclic) bond motifs is 11. The van der Waals surface area contributed by atoms with Gasteiger partial charge in [0.05, 0.1) is 33.8 Å². The lowest BCUT2D eigenvalue weighted by Crippen LogP contribution is -2.02. The Balaban J connectivity index is 0.984. The van der Waals surface area contributed by atoms with Crippen molar-refractivity contribution in [2.75, 3.05) is 0 Å². The second-order valence-electron chi connectivity index (χ2n) is 17.0. The van der Waals surface area contributed by atoms with Crippen LogP contribution in [0.4, 0.5) is 0 Å². The van der Waals surface area contributed by atoms with E-state index in [1.54, 1.807) is 0 Å². The van der Waals surface area contributed by atoms with Gasteiger partial charge in [-0.25, -0.2) is 19.9 Å². The van der Waals surface area contributed by atoms with E-state index in [0.717, 1.165) is 88.9 Å². The monoisotopic (exact) mass is 872 g/mol. The van der Waals surface area contributed by atoms with Gasteiger partial charge in [0, 0.05) is 70.8 Å². The smallest absolute Gasteiger partial charge is 0.160 e. The van der Waals surface area contributed by atoms with Crippen LogP contribution in [-0.2, 0) is 0 Å². The Bertz CT molecular complexity index is 4040. The minimum atomic E-state index is 0.655. The lowest BCUT2D eigenvalue weighted by molar-refractivity contribution is 1.09. The van der Waals surface area contributed by atoms with E-state index in [1.165, 1.54) is 36.5 Å². The summed E-state index contributed by atoms with van der Waals surface area (Å²) in [6.07, 6.45) is 3.75. The topological polar surface area (TPSA) is 61.4 Å². The molecule has 67 heavy (non-hydrogen) atoms. The number of pyridine rings is 2. The standard InChI is InChI=1S/C60H36N6S/c1-2-14-39(15-3-1)58-63-51(38-28-26-37(27-29-38)50-35-56-57(46-19-5-4-16-43(46)50)49-20-8-11-25-55(49)67-56)36-52(64-58)40-32-41(65-53-23-9-6-17-44(53)47-21-12-30-61-59(47)65)34-42(33-40)66-54-24-10-7-18-45(54)48-22-13-31-62-60(48)66/h1-36H. The Labute approximate surface area is 388 Å². The summed E-state index contributed by atoms with van der Waals surface area (Å²) in [6, 6.07) is 73.4. The summed E-state index contributed by atoms with van der Waals surface area (Å²) in [6.45, 7) is 0. The van der Waals surface area contributed by atoms with Crippen LogP contribution in [0.5, 0.6) is 0 Å². The number of para-hydroxylation sites is 2. The van der Waals surface area contributed by atoms with Gasteiger partial charge in [0.1, 0.15) is 11.3 Å². The molecule has 0 aliphatic heterocycles. The van der Waals surface area contributed by atoms with E-state index >= 15 is 0 Å². The summed E-state index contributed by atoms with van der Waals surface area (Å²) in [5, 5.41) is 9.65. The van der Waals surface area contributed by atoms with Gasteiger partial charge in [0.2, 0.25) is 0 Å². The zero-order chi connectivity index (χ0) is 44.0. The third kappa shape index (κ3) is 5.95. The van der Waals surface area contributed by atoms with Gasteiger partial charge in [0.15, 0.2) is 5.82 Å². The number of thiophene rings is 1. The lowest BCUT2D eigenvalue weighted by atomic mass is 9.94. The van der Waals surface area contributed by atoms with Crippen LogP contribution in [-0.4, -0.2) is 29.1 Å². The molecule has 0 aliphatic carbocycles. The fourth-order valence-corrected chi connectivity index (χ4v) is 11.4. The molecule has 0 fully saturated rings. The number of benzene rings is 8. The van der Waals surface area contributed by atoms with Gasteiger partial charge in [0.25, 0.3) is 0 Å². The highest BCUT2D eigenvalue weighted by atomic mass is 32.1. The zero-order valence-corrected chi connectivity index (χ0v) is 36.7. The first-order valence-electron chi connectivity index (χ1n) is 22.4. The van der Waals surface area contributed by atoms with Gasteiger partial charge in [-0.2, -0.15) is 0 Å². The Kier molecular flexibility index (Phi) is 8.35. The predicted molar refractivity (Wildman–Crippen MR) is 278 cm³/mol. The highest BCUT2D eigenvalue weighted by Gasteiger charge is 2.20. The molecule has 312 valence electrons. The average Bonchev–Trinajstić information content (AvgIpc) is 4.06. The first-order chi connectivity index (χ1) is 33.2. The van der Waals surface area contributed by atoms with Crippen molar-refractivity contribution in [2.45, 2.75) is 0 Å². The first kappa shape index (κ1) is 37.6. The van der Waals surface area contributed by atoms with Gasteiger partial charge >= 0.3 is 0 Å². The zero-order valence-electron chi connectivity index (χ0n) is 35.9. The van der Waals surface area contributed by atoms with E-state index in [1.807, 2.05) is 54.1 Å². The maximum atomic E-state index is 5.38. The van der Waals surface area contributed by atoms with Gasteiger partial charge in [-0.15, -0.1) is 11.3 Å². The van der Waals surface area contributed by atoms with Crippen molar-refractivity contribution in [3.05, 3.63) is 219 Å². The normalized spacial score (nSPS) is 11.9. The van der Waals surface area contributed by atoms with Gasteiger partial charge in [-0.3, -0.25) is 9.13 Å². The third-order valence-electron chi connectivity index (χ3n) is 13.2. The summed E-state index contributed by atoms with van der Waals surface area (Å²) < 4.78 is 7.15. The molecular weight excluding hydrogens is 837 g/mol. The Morgan fingerprint density at radius 1 is 0.343 bits per heavy atom. The summed E-state index contributed by atoms with van der Waals surface area (Å²) in [7, 11) is 0. The molecule has 0 unspecified atom stereocenters. The number of nitrogens with zero attached hydrogens (tertiary/aromatic N) is 6. The van der Waals surface area contributed by atoms with Crippen molar-refractivity contribution in [1.29, 1.82) is 0 Å². The Morgan fingerprint density at radius 3 is 1.52 bits per heavy atom. The molecule has 7 heteroatoms. The van der Waals surface area contributed by atoms with E-state index in [4.69, 9.17) is 19.9 Å². The van der Waals surface area contributed by atoms with E-state index in [-0.39, 0.29) is 0 Å². The van der Waals surface area contributed by atoms with E-state index in [2.05, 4.69) is 185 Å². The van der Waals surface area contributed by atoms with Crippen LogP contribution in [0.2, 0.25) is 0 Å². The average molecular weight is 873 g/mol. The highest BCUT2D eigenvalue weighted by Crippen LogP contribution is 2.43. The fraction of sp³-hybridized carbons (Fsp3) is 0. The van der Waals surface area contributed by atoms with Gasteiger partial charge < -0.3 is 0 Å². The SMILES string of the molecule is c1ccc(-c2nc(-c3ccc(-c4cc5sc6ccccc6c5c5ccccc45)cc3)cc(-c3cc(-n4c5ccccc5c5cccnc54)cc(-n4c5ccccc5c5cccnc54)c3)n2)cc1. The molecule has 6 aromatic heterocycles. The molecule has 0 saturated carbocycles. The molecule has 0 spiro atoms. The second-order valence-corrected chi connectivity index (χ2v) is 18.1. The largest absolute Gasteiger partial charge is 0.294 e. The molecule has 8 aromatic carbocycles. The van der Waals surface area contributed by atoms with Crippen LogP contribution >= 0.6 is 11.3 Å². The molecule has 0 bridgehead atoms. The maximum absolute atomic E-state index is 5.38. The summed E-state index contributed by atoms with van der Waals surface area (Å²) >= 11 is 1.86. The minimum Gasteiger partial charge on any atom is -0.294 e. The highest BCUT2D eigenvalue weighted by molar-refractivity contribution is 7.26. The molecule has 14 aromatic rings. The number of hydrogen-bond acceptors (Lipinski definition) is 5. The van der Waals surface area contributed by atoms with Crippen molar-refractivity contribution >= 4 is 86.2 Å². The molecule has 0 N–H and O–H groups in total. The van der Waals surface area contributed by atoms with Crippen LogP contribution in [0.15, 0.2) is 219 Å². The molecule has 6 nitrogen and oxygen atoms in total. The second kappa shape index (κ2) is 14.9. The molecule has 14 rings (SSSR count). The number of rotatable bonds is 6. The maximum Gasteiger partial charge on any atom is 0.160 e. The quantitative estimate of drug-likeness (QED) is 0.167. The van der Waals surface area contributed by atoms with E-state index < -0.39 is 0 Å². The molecule has 0 saturated heterocycles. The van der Waals surface area contributed by atoms with Crippen molar-refractivity contribution in [3.8, 4) is 56.4 Å². The predicted octanol–water partition coefficient (Wildman–Crippen LogP) is 15.6. The van der Waals surface area contributed by atoms with Crippen molar-refractivity contribution in [3.63, 3.8) is 0 Å². The lowest BCUT2D eigenvalue weighted by Gasteiger charge is -2.16. The molecule has 0 amide bonds. The minimum absolute atomic E-state index is 0.655. The van der Waals surface area contributed by atoms with Crippen LogP contribution in [0.3, 0.4) is 0 Å². The van der Waals surface area contributed by atoms with Crippen LogP contribution in [0.25, 0.3) is 131 Å². The van der Waals surface area contributed by atoms with Gasteiger partial charge in [-0.05, 0) is 94.7 Å². The molecular formula is C60H36N6S. The Hall–Kier alpha value is -8.78. The van der Waals surface area contributed by atoms with E-state index in [0.29, 0.717) is 5.82 Å². The van der Waals surface area contributed by atoms with Gasteiger partial charge in [-0.1, -0.05) is 133 Å². The molecule has 0 atom stereocenters. The van der Waals surface area contributed by atoms with Crippen molar-refractivity contribution in [1.82, 2.24) is 29.1 Å². The van der Waals surface area contributed by atoms with Crippen molar-refractivity contribution < 1.29 is 0 Å². The van der Waals surface area contributed by atoms with Crippen LogP contribution in [0, 0.1) is 0 Å². The Morgan fingerprint density at radius 2 is 0.866 bits per heavy atom. The van der Waals surface area contributed by atoms with Crippen LogP contribution in [0.1, 0.15) is 0 Å². The number of aromatic nitrogens is 6. The fourth-order valence-electron chi connectivity index (χ4n) is 10.2. The van der Waals surface area contributed by atoms with E-state index in [9.17, 15) is 0 Å². The summed E-state index contributed by atoms with van der Waals surface area (Å²) in [5.41, 5.74) is 12.8. The summed E-state index contributed by atoms with van der Waals surface area (Å²) in [4.78, 5) is 20.6. The molecule has 0 aliphatic rings.